The fourth-order valence-electron chi connectivity index (χ4n) is 3.25. The van der Waals surface area contributed by atoms with E-state index in [2.05, 4.69) is 36.3 Å². The van der Waals surface area contributed by atoms with E-state index >= 15 is 0 Å². The normalized spacial score (nSPS) is 16.0. The summed E-state index contributed by atoms with van der Waals surface area (Å²) in [7, 11) is 0. The fraction of sp³-hybridized carbons (Fsp3) is 0.650. The predicted molar refractivity (Wildman–Crippen MR) is 121 cm³/mol. The minimum atomic E-state index is 0. The van der Waals surface area contributed by atoms with E-state index in [1.807, 2.05) is 18.2 Å². The molecule has 0 radical (unpaired) electrons. The van der Waals surface area contributed by atoms with Crippen molar-refractivity contribution in [3.05, 3.63) is 29.8 Å². The van der Waals surface area contributed by atoms with E-state index in [-0.39, 0.29) is 29.5 Å². The Kier molecular flexibility index (Phi) is 10.3. The van der Waals surface area contributed by atoms with Crippen molar-refractivity contribution in [3.8, 4) is 5.75 Å². The summed E-state index contributed by atoms with van der Waals surface area (Å²) in [5.74, 6) is 1.19. The first kappa shape index (κ1) is 23.0. The van der Waals surface area contributed by atoms with Crippen molar-refractivity contribution in [1.82, 2.24) is 15.5 Å². The van der Waals surface area contributed by atoms with Gasteiger partial charge in [-0.05, 0) is 70.8 Å². The highest BCUT2D eigenvalue weighted by Gasteiger charge is 2.27. The van der Waals surface area contributed by atoms with Crippen molar-refractivity contribution in [1.29, 1.82) is 0 Å². The highest BCUT2D eigenvalue weighted by atomic mass is 127. The van der Waals surface area contributed by atoms with Crippen LogP contribution in [0.25, 0.3) is 0 Å². The molecule has 1 saturated heterocycles. The van der Waals surface area contributed by atoms with Gasteiger partial charge in [0.25, 0.3) is 0 Å². The second-order valence-electron chi connectivity index (χ2n) is 7.40. The van der Waals surface area contributed by atoms with Gasteiger partial charge in [0, 0.05) is 18.6 Å². The van der Waals surface area contributed by atoms with Crippen LogP contribution in [0.2, 0.25) is 0 Å². The summed E-state index contributed by atoms with van der Waals surface area (Å²) in [5.41, 5.74) is 1.21. The van der Waals surface area contributed by atoms with Crippen LogP contribution < -0.4 is 10.6 Å². The molecule has 1 aliphatic rings. The molecule has 3 N–H and O–H groups in total. The molecule has 1 fully saturated rings. The van der Waals surface area contributed by atoms with Gasteiger partial charge in [-0.15, -0.1) is 24.0 Å². The van der Waals surface area contributed by atoms with E-state index in [0.717, 1.165) is 37.6 Å². The van der Waals surface area contributed by atoms with Gasteiger partial charge in [-0.2, -0.15) is 0 Å². The molecule has 0 unspecified atom stereocenters. The van der Waals surface area contributed by atoms with E-state index in [1.165, 1.54) is 32.4 Å². The molecule has 2 rings (SSSR count). The van der Waals surface area contributed by atoms with Crippen LogP contribution in [0.5, 0.6) is 5.75 Å². The molecule has 1 heterocycles. The topological polar surface area (TPSA) is 59.9 Å². The van der Waals surface area contributed by atoms with Crippen molar-refractivity contribution in [2.24, 2.45) is 4.99 Å². The Hall–Kier alpha value is -1.02. The second kappa shape index (κ2) is 11.6. The molecule has 0 spiro atoms. The molecule has 1 aromatic rings. The lowest BCUT2D eigenvalue weighted by Gasteiger charge is -2.40. The number of phenols is 1. The summed E-state index contributed by atoms with van der Waals surface area (Å²) in [4.78, 5) is 7.38. The molecular weight excluding hydrogens is 439 g/mol. The van der Waals surface area contributed by atoms with E-state index < -0.39 is 0 Å². The maximum atomic E-state index is 9.54. The zero-order valence-electron chi connectivity index (χ0n) is 16.4. The molecule has 6 heteroatoms. The molecule has 26 heavy (non-hydrogen) atoms. The number of hydrogen-bond donors (Lipinski definition) is 3. The highest BCUT2D eigenvalue weighted by Crippen LogP contribution is 2.20. The Balaban J connectivity index is 0.00000338. The van der Waals surface area contributed by atoms with Crippen molar-refractivity contribution in [3.63, 3.8) is 0 Å². The smallest absolute Gasteiger partial charge is 0.191 e. The lowest BCUT2D eigenvalue weighted by molar-refractivity contribution is 0.102. The van der Waals surface area contributed by atoms with Gasteiger partial charge in [-0.25, -0.2) is 0 Å². The Morgan fingerprint density at radius 3 is 2.58 bits per heavy atom. The SMILES string of the molecule is CCNC(=NCC(C)(C)N1CCCCC1)NCCc1cccc(O)c1.I. The summed E-state index contributed by atoms with van der Waals surface area (Å²) in [5, 5.41) is 16.3. The van der Waals surface area contributed by atoms with Crippen molar-refractivity contribution >= 4 is 29.9 Å². The van der Waals surface area contributed by atoms with Crippen molar-refractivity contribution in [2.75, 3.05) is 32.7 Å². The average Bonchev–Trinajstić information content (AvgIpc) is 2.60. The van der Waals surface area contributed by atoms with E-state index in [4.69, 9.17) is 4.99 Å². The van der Waals surface area contributed by atoms with Gasteiger partial charge in [-0.3, -0.25) is 9.89 Å². The van der Waals surface area contributed by atoms with Gasteiger partial charge in [0.2, 0.25) is 0 Å². The average molecular weight is 474 g/mol. The molecule has 0 atom stereocenters. The lowest BCUT2D eigenvalue weighted by atomic mass is 9.99. The maximum Gasteiger partial charge on any atom is 0.191 e. The number of aliphatic imine (C=N–C) groups is 1. The molecule has 0 bridgehead atoms. The molecule has 0 saturated carbocycles. The van der Waals surface area contributed by atoms with Gasteiger partial charge >= 0.3 is 0 Å². The van der Waals surface area contributed by atoms with E-state index in [1.54, 1.807) is 6.07 Å². The van der Waals surface area contributed by atoms with Gasteiger partial charge in [0.1, 0.15) is 5.75 Å². The monoisotopic (exact) mass is 474 g/mol. The zero-order chi connectivity index (χ0) is 18.1. The quantitative estimate of drug-likeness (QED) is 0.322. The minimum Gasteiger partial charge on any atom is -0.508 e. The molecule has 1 aromatic carbocycles. The number of nitrogens with one attached hydrogen (secondary N) is 2. The number of phenolic OH excluding ortho intramolecular Hbond substituents is 1. The fourth-order valence-corrected chi connectivity index (χ4v) is 3.25. The Morgan fingerprint density at radius 1 is 1.19 bits per heavy atom. The molecule has 5 nitrogen and oxygen atoms in total. The van der Waals surface area contributed by atoms with Crippen molar-refractivity contribution < 1.29 is 5.11 Å². The zero-order valence-corrected chi connectivity index (χ0v) is 18.8. The molecule has 1 aliphatic heterocycles. The number of rotatable bonds is 7. The Bertz CT molecular complexity index is 556. The first-order valence-corrected chi connectivity index (χ1v) is 9.56. The molecule has 0 aliphatic carbocycles. The predicted octanol–water partition coefficient (Wildman–Crippen LogP) is 3.37. The number of piperidine rings is 1. The summed E-state index contributed by atoms with van der Waals surface area (Å²) >= 11 is 0. The number of aromatic hydroxyl groups is 1. The first-order valence-electron chi connectivity index (χ1n) is 9.56. The number of hydrogen-bond acceptors (Lipinski definition) is 3. The van der Waals surface area contributed by atoms with Crippen LogP contribution in [0.3, 0.4) is 0 Å². The minimum absolute atomic E-state index is 0. The first-order chi connectivity index (χ1) is 12.0. The second-order valence-corrected chi connectivity index (χ2v) is 7.40. The largest absolute Gasteiger partial charge is 0.508 e. The molecular formula is C20H35IN4O. The summed E-state index contributed by atoms with van der Waals surface area (Å²) in [6.45, 7) is 11.5. The third-order valence-corrected chi connectivity index (χ3v) is 4.80. The summed E-state index contributed by atoms with van der Waals surface area (Å²) < 4.78 is 0. The van der Waals surface area contributed by atoms with Crippen LogP contribution in [0, 0.1) is 0 Å². The summed E-state index contributed by atoms with van der Waals surface area (Å²) in [6.07, 6.45) is 4.81. The van der Waals surface area contributed by atoms with Gasteiger partial charge in [0.15, 0.2) is 5.96 Å². The molecule has 0 aromatic heterocycles. The Morgan fingerprint density at radius 2 is 1.92 bits per heavy atom. The highest BCUT2D eigenvalue weighted by molar-refractivity contribution is 14.0. The van der Waals surface area contributed by atoms with Crippen LogP contribution in [-0.2, 0) is 6.42 Å². The third-order valence-electron chi connectivity index (χ3n) is 4.80. The van der Waals surface area contributed by atoms with Crippen LogP contribution in [0.1, 0.15) is 45.6 Å². The number of halogens is 1. The number of guanidine groups is 1. The van der Waals surface area contributed by atoms with Crippen molar-refractivity contribution in [2.45, 2.75) is 52.0 Å². The Labute approximate surface area is 175 Å². The van der Waals surface area contributed by atoms with Crippen LogP contribution in [0.4, 0.5) is 0 Å². The maximum absolute atomic E-state index is 9.54. The van der Waals surface area contributed by atoms with Gasteiger partial charge < -0.3 is 15.7 Å². The number of likely N-dealkylation sites (tertiary alicyclic amines) is 1. The third kappa shape index (κ3) is 7.70. The van der Waals surface area contributed by atoms with Gasteiger partial charge in [-0.1, -0.05) is 18.6 Å². The number of nitrogens with zero attached hydrogens (tertiary/aromatic N) is 2. The molecule has 148 valence electrons. The number of benzene rings is 1. The standard InChI is InChI=1S/C20H34N4O.HI/c1-4-21-19(22-12-11-17-9-8-10-18(25)15-17)23-16-20(2,3)24-13-6-5-7-14-24;/h8-10,15,25H,4-7,11-14,16H2,1-3H3,(H2,21,22,23);1H. The lowest BCUT2D eigenvalue weighted by Crippen LogP contribution is -2.49. The summed E-state index contributed by atoms with van der Waals surface area (Å²) in [6, 6.07) is 7.42. The van der Waals surface area contributed by atoms with Crippen LogP contribution >= 0.6 is 24.0 Å². The van der Waals surface area contributed by atoms with Crippen LogP contribution in [-0.4, -0.2) is 54.2 Å². The van der Waals surface area contributed by atoms with E-state index in [0.29, 0.717) is 5.75 Å². The van der Waals surface area contributed by atoms with Gasteiger partial charge in [0.05, 0.1) is 6.54 Å². The van der Waals surface area contributed by atoms with Crippen LogP contribution in [0.15, 0.2) is 29.3 Å². The van der Waals surface area contributed by atoms with E-state index in [9.17, 15) is 5.11 Å². The molecule has 0 amide bonds.